The molecule has 2 aromatic rings. The number of carbonyl (C=O) groups is 2. The molecule has 0 radical (unpaired) electrons. The minimum absolute atomic E-state index is 0.0318. The molecule has 2 aromatic carbocycles. The zero-order valence-corrected chi connectivity index (χ0v) is 14.2. The normalized spacial score (nSPS) is 10.0. The molecule has 8 nitrogen and oxygen atoms in total. The zero-order chi connectivity index (χ0) is 18.6. The van der Waals surface area contributed by atoms with Gasteiger partial charge in [0.1, 0.15) is 5.75 Å². The minimum atomic E-state index is -0.735. The van der Waals surface area contributed by atoms with Crippen LogP contribution in [0.3, 0.4) is 0 Å². The summed E-state index contributed by atoms with van der Waals surface area (Å²) in [5.74, 6) is -1.14. The first kappa shape index (κ1) is 18.5. The predicted octanol–water partition coefficient (Wildman–Crippen LogP) is 2.99. The standard InChI is InChI=1S/C15H11Cl2N3O5/c1-25-13-6-8(16)2-4-11(13)15(22)19-18-14(21)10-5-3-9(20(23)24)7-12(10)17/h2-7H,1H3,(H,18,21)(H,19,22). The number of nitrogens with one attached hydrogen (secondary N) is 2. The summed E-state index contributed by atoms with van der Waals surface area (Å²) in [6.45, 7) is 0. The van der Waals surface area contributed by atoms with Gasteiger partial charge in [0.2, 0.25) is 0 Å². The minimum Gasteiger partial charge on any atom is -0.496 e. The Morgan fingerprint density at radius 1 is 1.04 bits per heavy atom. The number of methoxy groups -OCH3 is 1. The van der Waals surface area contributed by atoms with E-state index in [1.165, 1.54) is 31.4 Å². The summed E-state index contributed by atoms with van der Waals surface area (Å²) in [7, 11) is 1.37. The first-order chi connectivity index (χ1) is 11.8. The van der Waals surface area contributed by atoms with E-state index < -0.39 is 16.7 Å². The highest BCUT2D eigenvalue weighted by atomic mass is 35.5. The smallest absolute Gasteiger partial charge is 0.273 e. The lowest BCUT2D eigenvalue weighted by atomic mass is 10.2. The van der Waals surface area contributed by atoms with E-state index in [1.807, 2.05) is 0 Å². The van der Waals surface area contributed by atoms with Gasteiger partial charge in [-0.25, -0.2) is 0 Å². The molecule has 2 rings (SSSR count). The molecule has 130 valence electrons. The molecule has 0 saturated heterocycles. The Kier molecular flexibility index (Phi) is 5.79. The van der Waals surface area contributed by atoms with Gasteiger partial charge in [-0.05, 0) is 24.3 Å². The van der Waals surface area contributed by atoms with Gasteiger partial charge in [0.25, 0.3) is 17.5 Å². The lowest BCUT2D eigenvalue weighted by molar-refractivity contribution is -0.384. The average Bonchev–Trinajstić information content (AvgIpc) is 2.58. The fraction of sp³-hybridized carbons (Fsp3) is 0.0667. The molecule has 10 heteroatoms. The number of amides is 2. The number of hydrogen-bond acceptors (Lipinski definition) is 5. The van der Waals surface area contributed by atoms with Gasteiger partial charge in [0.15, 0.2) is 0 Å². The van der Waals surface area contributed by atoms with Crippen LogP contribution in [-0.2, 0) is 0 Å². The Labute approximate surface area is 151 Å². The van der Waals surface area contributed by atoms with Gasteiger partial charge in [0, 0.05) is 17.2 Å². The summed E-state index contributed by atoms with van der Waals surface area (Å²) in [6.07, 6.45) is 0. The summed E-state index contributed by atoms with van der Waals surface area (Å²) < 4.78 is 5.05. The van der Waals surface area contributed by atoms with Crippen LogP contribution in [0.15, 0.2) is 36.4 Å². The molecule has 0 atom stereocenters. The second-order valence-electron chi connectivity index (χ2n) is 4.67. The summed E-state index contributed by atoms with van der Waals surface area (Å²) in [4.78, 5) is 34.2. The van der Waals surface area contributed by atoms with Crippen LogP contribution in [0.1, 0.15) is 20.7 Å². The van der Waals surface area contributed by atoms with Crippen LogP contribution in [-0.4, -0.2) is 23.8 Å². The molecule has 2 N–H and O–H groups in total. The van der Waals surface area contributed by atoms with E-state index in [9.17, 15) is 19.7 Å². The second kappa shape index (κ2) is 7.82. The van der Waals surface area contributed by atoms with Crippen molar-refractivity contribution in [2.75, 3.05) is 7.11 Å². The van der Waals surface area contributed by atoms with Gasteiger partial charge in [-0.3, -0.25) is 30.6 Å². The van der Waals surface area contributed by atoms with Gasteiger partial charge in [-0.2, -0.15) is 0 Å². The van der Waals surface area contributed by atoms with Crippen molar-refractivity contribution in [2.24, 2.45) is 0 Å². The van der Waals surface area contributed by atoms with Crippen molar-refractivity contribution in [3.8, 4) is 5.75 Å². The Balaban J connectivity index is 2.10. The van der Waals surface area contributed by atoms with Gasteiger partial charge in [-0.15, -0.1) is 0 Å². The van der Waals surface area contributed by atoms with Crippen molar-refractivity contribution >= 4 is 40.7 Å². The van der Waals surface area contributed by atoms with E-state index in [0.29, 0.717) is 5.02 Å². The second-order valence-corrected chi connectivity index (χ2v) is 5.52. The van der Waals surface area contributed by atoms with Crippen molar-refractivity contribution in [1.29, 1.82) is 0 Å². The summed E-state index contributed by atoms with van der Waals surface area (Å²) >= 11 is 11.7. The SMILES string of the molecule is COc1cc(Cl)ccc1C(=O)NNC(=O)c1ccc([N+](=O)[O-])cc1Cl. The molecule has 0 aliphatic carbocycles. The Morgan fingerprint density at radius 3 is 2.20 bits per heavy atom. The molecule has 0 spiro atoms. The third-order valence-electron chi connectivity index (χ3n) is 3.11. The number of nitro groups is 1. The molecule has 0 saturated carbocycles. The van der Waals surface area contributed by atoms with Crippen LogP contribution < -0.4 is 15.6 Å². The number of halogens is 2. The van der Waals surface area contributed by atoms with Gasteiger partial charge < -0.3 is 4.74 Å². The predicted molar refractivity (Wildman–Crippen MR) is 91.0 cm³/mol. The largest absolute Gasteiger partial charge is 0.496 e. The number of nitro benzene ring substituents is 1. The first-order valence-electron chi connectivity index (χ1n) is 6.71. The van der Waals surface area contributed by atoms with Crippen LogP contribution in [0.25, 0.3) is 0 Å². The molecule has 0 bridgehead atoms. The number of rotatable bonds is 4. The van der Waals surface area contributed by atoms with Crippen LogP contribution in [0.5, 0.6) is 5.75 Å². The Morgan fingerprint density at radius 2 is 1.64 bits per heavy atom. The van der Waals surface area contributed by atoms with E-state index in [4.69, 9.17) is 27.9 Å². The number of nitrogens with zero attached hydrogens (tertiary/aromatic N) is 1. The molecular weight excluding hydrogens is 373 g/mol. The third-order valence-corrected chi connectivity index (χ3v) is 3.65. The average molecular weight is 384 g/mol. The molecule has 0 aromatic heterocycles. The maximum Gasteiger partial charge on any atom is 0.273 e. The van der Waals surface area contributed by atoms with Crippen LogP contribution in [0.2, 0.25) is 10.0 Å². The van der Waals surface area contributed by atoms with Crippen LogP contribution >= 0.6 is 23.2 Å². The van der Waals surface area contributed by atoms with E-state index >= 15 is 0 Å². The molecule has 2 amide bonds. The van der Waals surface area contributed by atoms with Gasteiger partial charge in [0.05, 0.1) is 28.2 Å². The molecule has 0 unspecified atom stereocenters. The van der Waals surface area contributed by atoms with Crippen molar-refractivity contribution < 1.29 is 19.2 Å². The zero-order valence-electron chi connectivity index (χ0n) is 12.7. The van der Waals surface area contributed by atoms with Gasteiger partial charge in [-0.1, -0.05) is 23.2 Å². The topological polar surface area (TPSA) is 111 Å². The lowest BCUT2D eigenvalue weighted by Crippen LogP contribution is -2.41. The lowest BCUT2D eigenvalue weighted by Gasteiger charge is -2.11. The van der Waals surface area contributed by atoms with E-state index in [-0.39, 0.29) is 27.6 Å². The highest BCUT2D eigenvalue weighted by Crippen LogP contribution is 2.23. The van der Waals surface area contributed by atoms with Crippen molar-refractivity contribution in [1.82, 2.24) is 10.9 Å². The molecule has 0 aliphatic heterocycles. The number of hydrazine groups is 1. The molecule has 0 aliphatic rings. The molecular formula is C15H11Cl2N3O5. The monoisotopic (exact) mass is 383 g/mol. The number of hydrogen-bond donors (Lipinski definition) is 2. The van der Waals surface area contributed by atoms with E-state index in [0.717, 1.165) is 12.1 Å². The van der Waals surface area contributed by atoms with E-state index in [2.05, 4.69) is 10.9 Å². The van der Waals surface area contributed by atoms with Crippen LogP contribution in [0, 0.1) is 10.1 Å². The molecule has 0 fully saturated rings. The maximum absolute atomic E-state index is 12.1. The molecule has 0 heterocycles. The Bertz CT molecular complexity index is 857. The molecule has 25 heavy (non-hydrogen) atoms. The van der Waals surface area contributed by atoms with Gasteiger partial charge >= 0.3 is 0 Å². The summed E-state index contributed by atoms with van der Waals surface area (Å²) in [6, 6.07) is 7.73. The number of non-ortho nitro benzene ring substituents is 1. The number of ether oxygens (including phenoxy) is 1. The maximum atomic E-state index is 12.1. The fourth-order valence-electron chi connectivity index (χ4n) is 1.90. The van der Waals surface area contributed by atoms with Crippen molar-refractivity contribution in [2.45, 2.75) is 0 Å². The highest BCUT2D eigenvalue weighted by Gasteiger charge is 2.17. The van der Waals surface area contributed by atoms with Crippen molar-refractivity contribution in [3.63, 3.8) is 0 Å². The van der Waals surface area contributed by atoms with Crippen LogP contribution in [0.4, 0.5) is 5.69 Å². The highest BCUT2D eigenvalue weighted by molar-refractivity contribution is 6.34. The van der Waals surface area contributed by atoms with Crippen molar-refractivity contribution in [3.05, 3.63) is 67.7 Å². The number of carbonyl (C=O) groups excluding carboxylic acids is 2. The summed E-state index contributed by atoms with van der Waals surface area (Å²) in [5.41, 5.74) is 4.24. The first-order valence-corrected chi connectivity index (χ1v) is 7.47. The Hall–Kier alpha value is -2.84. The number of benzene rings is 2. The quantitative estimate of drug-likeness (QED) is 0.622. The third kappa shape index (κ3) is 4.37. The van der Waals surface area contributed by atoms with E-state index in [1.54, 1.807) is 0 Å². The summed E-state index contributed by atoms with van der Waals surface area (Å²) in [5, 5.41) is 10.9. The fourth-order valence-corrected chi connectivity index (χ4v) is 2.33.